The van der Waals surface area contributed by atoms with Crippen LogP contribution < -0.4 is 0 Å². The maximum atomic E-state index is 12.5. The fourth-order valence-corrected chi connectivity index (χ4v) is 2.09. The molecule has 0 aliphatic carbocycles. The van der Waals surface area contributed by atoms with Gasteiger partial charge in [0.05, 0.1) is 11.8 Å². The van der Waals surface area contributed by atoms with Crippen LogP contribution in [-0.2, 0) is 24.1 Å². The van der Waals surface area contributed by atoms with Crippen LogP contribution in [0.2, 0.25) is 0 Å². The first-order chi connectivity index (χ1) is 11.3. The summed E-state index contributed by atoms with van der Waals surface area (Å²) in [6.07, 6.45) is 2.04. The van der Waals surface area contributed by atoms with E-state index in [0.717, 1.165) is 24.2 Å². The lowest BCUT2D eigenvalue weighted by Gasteiger charge is -2.13. The molecule has 4 nitrogen and oxygen atoms in total. The molecule has 1 amide bonds. The van der Waals surface area contributed by atoms with E-state index in [9.17, 15) is 18.0 Å². The zero-order valence-corrected chi connectivity index (χ0v) is 13.4. The molecule has 0 radical (unpaired) electrons. The number of alkyl halides is 3. The van der Waals surface area contributed by atoms with Crippen LogP contribution in [0.5, 0.6) is 0 Å². The minimum atomic E-state index is -4.36. The van der Waals surface area contributed by atoms with Gasteiger partial charge in [0.25, 0.3) is 0 Å². The average molecular weight is 337 g/mol. The molecule has 24 heavy (non-hydrogen) atoms. The van der Waals surface area contributed by atoms with Crippen LogP contribution in [0.25, 0.3) is 6.08 Å². The molecule has 7 heteroatoms. The van der Waals surface area contributed by atoms with Crippen molar-refractivity contribution in [2.75, 3.05) is 7.05 Å². The van der Waals surface area contributed by atoms with Crippen LogP contribution in [0.15, 0.2) is 42.7 Å². The Labute approximate surface area is 138 Å². The lowest BCUT2D eigenvalue weighted by atomic mass is 10.1. The van der Waals surface area contributed by atoms with Crippen molar-refractivity contribution in [3.63, 3.8) is 0 Å². The minimum Gasteiger partial charge on any atom is -0.338 e. The molecule has 128 valence electrons. The molecular formula is C17H18F3N3O. The van der Waals surface area contributed by atoms with E-state index >= 15 is 0 Å². The van der Waals surface area contributed by atoms with Crippen molar-refractivity contribution >= 4 is 12.0 Å². The van der Waals surface area contributed by atoms with Crippen molar-refractivity contribution in [3.8, 4) is 0 Å². The second-order valence-corrected chi connectivity index (χ2v) is 5.35. The number of benzene rings is 1. The Hall–Kier alpha value is -2.57. The number of halogens is 3. The molecule has 0 fully saturated rings. The molecule has 0 aliphatic heterocycles. The SMILES string of the molecule is CCn1cc(CN(C)C(=O)C=Cc2ccc(C(F)(F)F)cc2)cn1. The topological polar surface area (TPSA) is 38.1 Å². The van der Waals surface area contributed by atoms with Crippen molar-refractivity contribution in [2.24, 2.45) is 0 Å². The van der Waals surface area contributed by atoms with Crippen LogP contribution >= 0.6 is 0 Å². The van der Waals surface area contributed by atoms with Gasteiger partial charge in [0.1, 0.15) is 0 Å². The second kappa shape index (κ2) is 7.33. The third kappa shape index (κ3) is 4.71. The third-order valence-electron chi connectivity index (χ3n) is 3.46. The Morgan fingerprint density at radius 1 is 1.29 bits per heavy atom. The van der Waals surface area contributed by atoms with Crippen LogP contribution in [-0.4, -0.2) is 27.6 Å². The lowest BCUT2D eigenvalue weighted by molar-refractivity contribution is -0.137. The lowest BCUT2D eigenvalue weighted by Crippen LogP contribution is -2.23. The fourth-order valence-electron chi connectivity index (χ4n) is 2.09. The number of amides is 1. The van der Waals surface area contributed by atoms with Crippen LogP contribution in [0.3, 0.4) is 0 Å². The summed E-state index contributed by atoms with van der Waals surface area (Å²) < 4.78 is 39.2. The molecule has 0 saturated carbocycles. The van der Waals surface area contributed by atoms with Gasteiger partial charge < -0.3 is 4.90 Å². The molecule has 1 aromatic carbocycles. The Balaban J connectivity index is 1.96. The van der Waals surface area contributed by atoms with E-state index in [0.29, 0.717) is 12.1 Å². The van der Waals surface area contributed by atoms with E-state index in [1.807, 2.05) is 13.1 Å². The van der Waals surface area contributed by atoms with Crippen molar-refractivity contribution < 1.29 is 18.0 Å². The van der Waals surface area contributed by atoms with Gasteiger partial charge in [0.2, 0.25) is 5.91 Å². The predicted octanol–water partition coefficient (Wildman–Crippen LogP) is 3.59. The van der Waals surface area contributed by atoms with E-state index in [1.54, 1.807) is 17.9 Å². The number of aromatic nitrogens is 2. The standard InChI is InChI=1S/C17H18F3N3O/c1-3-23-12-14(10-21-23)11-22(2)16(24)9-6-13-4-7-15(8-5-13)17(18,19)20/h4-10,12H,3,11H2,1-2H3. The Morgan fingerprint density at radius 2 is 1.96 bits per heavy atom. The number of nitrogens with zero attached hydrogens (tertiary/aromatic N) is 3. The summed E-state index contributed by atoms with van der Waals surface area (Å²) >= 11 is 0. The summed E-state index contributed by atoms with van der Waals surface area (Å²) in [7, 11) is 1.66. The van der Waals surface area contributed by atoms with Gasteiger partial charge in [-0.25, -0.2) is 0 Å². The predicted molar refractivity (Wildman–Crippen MR) is 84.9 cm³/mol. The summed E-state index contributed by atoms with van der Waals surface area (Å²) in [5, 5.41) is 4.14. The third-order valence-corrected chi connectivity index (χ3v) is 3.46. The summed E-state index contributed by atoms with van der Waals surface area (Å²) in [6.45, 7) is 3.14. The van der Waals surface area contributed by atoms with Gasteiger partial charge >= 0.3 is 6.18 Å². The molecule has 1 aromatic heterocycles. The zero-order chi connectivity index (χ0) is 17.7. The van der Waals surface area contributed by atoms with E-state index in [1.165, 1.54) is 29.2 Å². The maximum absolute atomic E-state index is 12.5. The highest BCUT2D eigenvalue weighted by molar-refractivity contribution is 5.91. The minimum absolute atomic E-state index is 0.237. The molecule has 2 rings (SSSR count). The molecule has 1 heterocycles. The van der Waals surface area contributed by atoms with Crippen molar-refractivity contribution in [3.05, 3.63) is 59.4 Å². The zero-order valence-electron chi connectivity index (χ0n) is 13.4. The highest BCUT2D eigenvalue weighted by Crippen LogP contribution is 2.29. The molecule has 0 bridgehead atoms. The molecule has 0 N–H and O–H groups in total. The number of rotatable bonds is 5. The quantitative estimate of drug-likeness (QED) is 0.782. The first-order valence-corrected chi connectivity index (χ1v) is 7.41. The van der Waals surface area contributed by atoms with Gasteiger partial charge in [0, 0.05) is 38.0 Å². The highest BCUT2D eigenvalue weighted by Gasteiger charge is 2.29. The van der Waals surface area contributed by atoms with E-state index in [4.69, 9.17) is 0 Å². The summed E-state index contributed by atoms with van der Waals surface area (Å²) in [4.78, 5) is 13.6. The Kier molecular flexibility index (Phi) is 5.43. The number of hydrogen-bond donors (Lipinski definition) is 0. The van der Waals surface area contributed by atoms with Gasteiger partial charge in [-0.05, 0) is 30.7 Å². The maximum Gasteiger partial charge on any atom is 0.416 e. The van der Waals surface area contributed by atoms with Crippen LogP contribution in [0, 0.1) is 0 Å². The van der Waals surface area contributed by atoms with Gasteiger partial charge in [-0.1, -0.05) is 12.1 Å². The number of carbonyl (C=O) groups excluding carboxylic acids is 1. The molecular weight excluding hydrogens is 319 g/mol. The van der Waals surface area contributed by atoms with Gasteiger partial charge in [0.15, 0.2) is 0 Å². The smallest absolute Gasteiger partial charge is 0.338 e. The Morgan fingerprint density at radius 3 is 2.50 bits per heavy atom. The van der Waals surface area contributed by atoms with Crippen LogP contribution in [0.4, 0.5) is 13.2 Å². The largest absolute Gasteiger partial charge is 0.416 e. The van der Waals surface area contributed by atoms with Crippen molar-refractivity contribution in [1.82, 2.24) is 14.7 Å². The highest BCUT2D eigenvalue weighted by atomic mass is 19.4. The van der Waals surface area contributed by atoms with Gasteiger partial charge in [-0.3, -0.25) is 9.48 Å². The van der Waals surface area contributed by atoms with E-state index < -0.39 is 11.7 Å². The first kappa shape index (κ1) is 17.8. The summed E-state index contributed by atoms with van der Waals surface area (Å²) in [5.74, 6) is -0.237. The molecule has 2 aromatic rings. The van der Waals surface area contributed by atoms with Crippen molar-refractivity contribution in [1.29, 1.82) is 0 Å². The normalized spacial score (nSPS) is 11.9. The molecule has 0 atom stereocenters. The molecule has 0 saturated heterocycles. The molecule has 0 spiro atoms. The monoisotopic (exact) mass is 337 g/mol. The van der Waals surface area contributed by atoms with E-state index in [2.05, 4.69) is 5.10 Å². The molecule has 0 aliphatic rings. The Bertz CT molecular complexity index is 717. The number of carbonyl (C=O) groups is 1. The van der Waals surface area contributed by atoms with Crippen LogP contribution in [0.1, 0.15) is 23.6 Å². The van der Waals surface area contributed by atoms with Gasteiger partial charge in [-0.15, -0.1) is 0 Å². The van der Waals surface area contributed by atoms with E-state index in [-0.39, 0.29) is 5.91 Å². The van der Waals surface area contributed by atoms with Crippen molar-refractivity contribution in [2.45, 2.75) is 26.2 Å². The number of aryl methyl sites for hydroxylation is 1. The fraction of sp³-hybridized carbons (Fsp3) is 0.294. The summed E-state index contributed by atoms with van der Waals surface area (Å²) in [5.41, 5.74) is 0.732. The number of hydrogen-bond acceptors (Lipinski definition) is 2. The first-order valence-electron chi connectivity index (χ1n) is 7.41. The second-order valence-electron chi connectivity index (χ2n) is 5.35. The average Bonchev–Trinajstić information content (AvgIpc) is 2.99. The summed E-state index contributed by atoms with van der Waals surface area (Å²) in [6, 6.07) is 4.65. The molecule has 0 unspecified atom stereocenters. The number of likely N-dealkylation sites (N-methyl/N-ethyl adjacent to an activating group) is 1. The van der Waals surface area contributed by atoms with Gasteiger partial charge in [-0.2, -0.15) is 18.3 Å².